The summed E-state index contributed by atoms with van der Waals surface area (Å²) >= 11 is 0. The second kappa shape index (κ2) is 12.7. The van der Waals surface area contributed by atoms with Crippen molar-refractivity contribution in [1.82, 2.24) is 4.90 Å². The van der Waals surface area contributed by atoms with Gasteiger partial charge in [0, 0.05) is 25.4 Å². The van der Waals surface area contributed by atoms with Gasteiger partial charge in [-0.3, -0.25) is 19.4 Å². The van der Waals surface area contributed by atoms with Crippen LogP contribution in [0.15, 0.2) is 4.99 Å². The monoisotopic (exact) mass is 439 g/mol. The molecule has 0 aromatic rings. The number of hydrogen-bond donors (Lipinski definition) is 3. The zero-order valence-corrected chi connectivity index (χ0v) is 18.4. The highest BCUT2D eigenvalue weighted by atomic mass is 19.1. The number of Topliss-reactive ketones (excluding diaryl/α,β-unsaturated/α-hetero) is 2. The van der Waals surface area contributed by atoms with Gasteiger partial charge in [-0.2, -0.15) is 0 Å². The van der Waals surface area contributed by atoms with Crippen LogP contribution in [0.25, 0.3) is 0 Å². The van der Waals surface area contributed by atoms with Gasteiger partial charge in [0.2, 0.25) is 5.91 Å². The molecule has 0 spiro atoms. The van der Waals surface area contributed by atoms with E-state index >= 15 is 0 Å². The van der Waals surface area contributed by atoms with E-state index < -0.39 is 30.5 Å². The van der Waals surface area contributed by atoms with Gasteiger partial charge < -0.3 is 22.1 Å². The third kappa shape index (κ3) is 7.87. The van der Waals surface area contributed by atoms with Crippen molar-refractivity contribution in [1.29, 1.82) is 0 Å². The number of carbonyl (C=O) groups excluding carboxylic acids is 3. The van der Waals surface area contributed by atoms with Crippen LogP contribution in [0.3, 0.4) is 0 Å². The Bertz CT molecular complexity index is 647. The summed E-state index contributed by atoms with van der Waals surface area (Å²) in [7, 11) is 0. The molecule has 6 N–H and O–H groups in total. The molecule has 0 radical (unpaired) electrons. The second-order valence-electron chi connectivity index (χ2n) is 8.95. The summed E-state index contributed by atoms with van der Waals surface area (Å²) in [6.45, 7) is -0.295. The predicted molar refractivity (Wildman–Crippen MR) is 118 cm³/mol. The first-order chi connectivity index (χ1) is 14.8. The molecule has 9 heteroatoms. The Morgan fingerprint density at radius 1 is 1.06 bits per heavy atom. The summed E-state index contributed by atoms with van der Waals surface area (Å²) in [5, 5.41) is 0. The first-order valence-electron chi connectivity index (χ1n) is 11.6. The van der Waals surface area contributed by atoms with Gasteiger partial charge in [-0.15, -0.1) is 0 Å². The van der Waals surface area contributed by atoms with Crippen molar-refractivity contribution < 1.29 is 18.8 Å². The molecular weight excluding hydrogens is 401 g/mol. The van der Waals surface area contributed by atoms with E-state index in [-0.39, 0.29) is 24.1 Å². The summed E-state index contributed by atoms with van der Waals surface area (Å²) in [4.78, 5) is 43.4. The number of carbonyl (C=O) groups is 3. The van der Waals surface area contributed by atoms with Gasteiger partial charge in [0.15, 0.2) is 17.5 Å². The van der Waals surface area contributed by atoms with Crippen LogP contribution in [0.2, 0.25) is 0 Å². The number of alkyl halides is 1. The Morgan fingerprint density at radius 3 is 2.42 bits per heavy atom. The first kappa shape index (κ1) is 25.2. The molecule has 0 aromatic heterocycles. The Balaban J connectivity index is 1.93. The lowest BCUT2D eigenvalue weighted by Crippen LogP contribution is -2.49. The molecule has 8 nitrogen and oxygen atoms in total. The molecule has 1 heterocycles. The highest BCUT2D eigenvalue weighted by Crippen LogP contribution is 2.29. The average Bonchev–Trinajstić information content (AvgIpc) is 3.25. The Hall–Kier alpha value is -2.03. The molecule has 1 amide bonds. The lowest BCUT2D eigenvalue weighted by atomic mass is 9.84. The number of likely N-dealkylation sites (tertiary alicyclic amines) is 1. The maximum atomic E-state index is 13.0. The molecule has 0 aromatic carbocycles. The molecule has 31 heavy (non-hydrogen) atoms. The summed E-state index contributed by atoms with van der Waals surface area (Å²) in [6, 6.07) is -1.17. The van der Waals surface area contributed by atoms with E-state index in [1.54, 1.807) is 4.90 Å². The number of nitrogens with zero attached hydrogens (tertiary/aromatic N) is 2. The van der Waals surface area contributed by atoms with Crippen LogP contribution >= 0.6 is 0 Å². The Labute approximate surface area is 184 Å². The van der Waals surface area contributed by atoms with E-state index in [2.05, 4.69) is 4.99 Å². The van der Waals surface area contributed by atoms with E-state index in [0.29, 0.717) is 44.7 Å². The topological polar surface area (TPSA) is 145 Å². The number of aliphatic imine (C=N–C) groups is 1. The van der Waals surface area contributed by atoms with E-state index in [1.165, 1.54) is 19.3 Å². The van der Waals surface area contributed by atoms with E-state index in [4.69, 9.17) is 17.2 Å². The van der Waals surface area contributed by atoms with Crippen molar-refractivity contribution in [3.8, 4) is 0 Å². The molecular formula is C22H38FN5O3. The third-order valence-electron chi connectivity index (χ3n) is 6.58. The van der Waals surface area contributed by atoms with Crippen molar-refractivity contribution in [3.63, 3.8) is 0 Å². The molecule has 3 atom stereocenters. The lowest BCUT2D eigenvalue weighted by molar-refractivity contribution is -0.140. The Morgan fingerprint density at radius 2 is 1.77 bits per heavy atom. The van der Waals surface area contributed by atoms with Crippen LogP contribution in [-0.2, 0) is 14.4 Å². The summed E-state index contributed by atoms with van der Waals surface area (Å²) in [6.07, 6.45) is 8.50. The zero-order chi connectivity index (χ0) is 22.8. The quantitative estimate of drug-likeness (QED) is 0.238. The highest BCUT2D eigenvalue weighted by Gasteiger charge is 2.37. The van der Waals surface area contributed by atoms with Gasteiger partial charge >= 0.3 is 0 Å². The van der Waals surface area contributed by atoms with Crippen LogP contribution in [-0.4, -0.2) is 60.2 Å². The van der Waals surface area contributed by atoms with Gasteiger partial charge in [0.1, 0.15) is 6.67 Å². The average molecular weight is 440 g/mol. The van der Waals surface area contributed by atoms with Crippen LogP contribution in [0.1, 0.15) is 70.6 Å². The standard InChI is InChI=1S/C22H38FN5O3/c23-14-20(30)16(8-4-10-27-22(25)26)13-19(29)18-9-5-11-28(18)21(31)17(24)12-15-6-2-1-3-7-15/h15-18H,1-14,24H2,(H4,25,26,27)/t16-,17+,18+/m1/s1. The first-order valence-corrected chi connectivity index (χ1v) is 11.6. The zero-order valence-electron chi connectivity index (χ0n) is 18.4. The van der Waals surface area contributed by atoms with Crippen LogP contribution in [0, 0.1) is 11.8 Å². The van der Waals surface area contributed by atoms with Crippen molar-refractivity contribution in [3.05, 3.63) is 0 Å². The normalized spacial score (nSPS) is 21.5. The fraction of sp³-hybridized carbons (Fsp3) is 0.818. The molecule has 2 rings (SSSR count). The number of ketones is 2. The number of rotatable bonds is 12. The number of amides is 1. The number of halogens is 1. The van der Waals surface area contributed by atoms with Gasteiger partial charge in [-0.05, 0) is 38.0 Å². The minimum absolute atomic E-state index is 0.0471. The van der Waals surface area contributed by atoms with Crippen LogP contribution in [0.4, 0.5) is 4.39 Å². The van der Waals surface area contributed by atoms with Gasteiger partial charge in [0.25, 0.3) is 0 Å². The summed E-state index contributed by atoms with van der Waals surface area (Å²) in [5.41, 5.74) is 16.8. The van der Waals surface area contributed by atoms with Crippen LogP contribution in [0.5, 0.6) is 0 Å². The van der Waals surface area contributed by atoms with E-state index in [0.717, 1.165) is 19.3 Å². The molecule has 0 unspecified atom stereocenters. The molecule has 2 aliphatic rings. The van der Waals surface area contributed by atoms with E-state index in [9.17, 15) is 18.8 Å². The highest BCUT2D eigenvalue weighted by molar-refractivity contribution is 5.94. The van der Waals surface area contributed by atoms with Crippen molar-refractivity contribution in [2.75, 3.05) is 19.8 Å². The van der Waals surface area contributed by atoms with Crippen molar-refractivity contribution >= 4 is 23.4 Å². The van der Waals surface area contributed by atoms with Gasteiger partial charge in [-0.1, -0.05) is 32.1 Å². The lowest BCUT2D eigenvalue weighted by Gasteiger charge is -2.30. The van der Waals surface area contributed by atoms with Gasteiger partial charge in [-0.25, -0.2) is 4.39 Å². The number of hydrogen-bond acceptors (Lipinski definition) is 5. The van der Waals surface area contributed by atoms with Crippen molar-refractivity contribution in [2.24, 2.45) is 34.0 Å². The smallest absolute Gasteiger partial charge is 0.240 e. The fourth-order valence-electron chi connectivity index (χ4n) is 4.87. The number of guanidine groups is 1. The molecule has 1 saturated carbocycles. The third-order valence-corrected chi connectivity index (χ3v) is 6.58. The molecule has 1 aliphatic carbocycles. The molecule has 1 aliphatic heterocycles. The Kier molecular flexibility index (Phi) is 10.4. The van der Waals surface area contributed by atoms with Crippen LogP contribution < -0.4 is 17.2 Å². The van der Waals surface area contributed by atoms with E-state index in [1.807, 2.05) is 0 Å². The van der Waals surface area contributed by atoms with Gasteiger partial charge in [0.05, 0.1) is 12.1 Å². The minimum atomic E-state index is -1.11. The minimum Gasteiger partial charge on any atom is -0.370 e. The largest absolute Gasteiger partial charge is 0.370 e. The maximum Gasteiger partial charge on any atom is 0.240 e. The molecule has 0 bridgehead atoms. The predicted octanol–water partition coefficient (Wildman–Crippen LogP) is 1.44. The summed E-state index contributed by atoms with van der Waals surface area (Å²) < 4.78 is 13.0. The van der Waals surface area contributed by atoms with Crippen molar-refractivity contribution in [2.45, 2.75) is 82.7 Å². The second-order valence-corrected chi connectivity index (χ2v) is 8.95. The maximum absolute atomic E-state index is 13.0. The summed E-state index contributed by atoms with van der Waals surface area (Å²) in [5.74, 6) is -1.26. The molecule has 2 fully saturated rings. The SMILES string of the molecule is NC(N)=NCCC[C@H](CC(=O)[C@@H]1CCCN1C(=O)[C@@H](N)CC1CCCCC1)C(=O)CF. The number of nitrogens with two attached hydrogens (primary N) is 3. The molecule has 1 saturated heterocycles. The molecule has 176 valence electrons. The fourth-order valence-corrected chi connectivity index (χ4v) is 4.87.